The first-order valence-corrected chi connectivity index (χ1v) is 7.76. The van der Waals surface area contributed by atoms with Gasteiger partial charge in [0.05, 0.1) is 5.04 Å². The average Bonchev–Trinajstić information content (AvgIpc) is 2.36. The molecule has 0 atom stereocenters. The zero-order chi connectivity index (χ0) is 13.5. The highest BCUT2D eigenvalue weighted by molar-refractivity contribution is 8.14. The number of benzene rings is 1. The summed E-state index contributed by atoms with van der Waals surface area (Å²) in [6.07, 6.45) is 3.97. The molecular weight excluding hydrogens is 258 g/mol. The molecule has 0 radical (unpaired) electrons. The van der Waals surface area contributed by atoms with Crippen LogP contribution in [0.5, 0.6) is 0 Å². The lowest BCUT2D eigenvalue weighted by molar-refractivity contribution is 1.32. The van der Waals surface area contributed by atoms with Gasteiger partial charge in [0, 0.05) is 16.0 Å². The summed E-state index contributed by atoms with van der Waals surface area (Å²) in [6.45, 7) is 9.94. The number of hydrogen-bond donors (Lipinski definition) is 0. The van der Waals surface area contributed by atoms with Crippen molar-refractivity contribution in [2.45, 2.75) is 30.6 Å². The molecule has 18 heavy (non-hydrogen) atoms. The van der Waals surface area contributed by atoms with E-state index >= 15 is 0 Å². The van der Waals surface area contributed by atoms with Crippen LogP contribution in [0.1, 0.15) is 20.8 Å². The van der Waals surface area contributed by atoms with Crippen molar-refractivity contribution in [1.82, 2.24) is 0 Å². The van der Waals surface area contributed by atoms with Crippen molar-refractivity contribution in [2.75, 3.05) is 6.26 Å². The molecule has 0 aliphatic carbocycles. The van der Waals surface area contributed by atoms with E-state index in [4.69, 9.17) is 0 Å². The molecule has 0 aliphatic rings. The zero-order valence-electron chi connectivity index (χ0n) is 11.4. The zero-order valence-corrected chi connectivity index (χ0v) is 13.0. The van der Waals surface area contributed by atoms with E-state index in [2.05, 4.69) is 42.1 Å². The fourth-order valence-electron chi connectivity index (χ4n) is 1.16. The van der Waals surface area contributed by atoms with Gasteiger partial charge in [0.15, 0.2) is 0 Å². The van der Waals surface area contributed by atoms with E-state index in [1.54, 1.807) is 23.5 Å². The van der Waals surface area contributed by atoms with Crippen LogP contribution in [0, 0.1) is 0 Å². The van der Waals surface area contributed by atoms with E-state index in [1.165, 1.54) is 9.79 Å². The molecule has 0 aromatic heterocycles. The van der Waals surface area contributed by atoms with Crippen molar-refractivity contribution in [3.63, 3.8) is 0 Å². The Morgan fingerprint density at radius 1 is 1.22 bits per heavy atom. The smallest absolute Gasteiger partial charge is 0.0748 e. The van der Waals surface area contributed by atoms with E-state index in [-0.39, 0.29) is 0 Å². The summed E-state index contributed by atoms with van der Waals surface area (Å²) in [5.74, 6) is 0. The standard InChI is InChI=1S/C15H19NS2/c1-11(2)12(3)10-16-13(4)18-15-8-6-7-14(9-15)17-5/h6-10H,1H2,2-5H3/b12-10+,16-13?. The molecule has 0 spiro atoms. The summed E-state index contributed by atoms with van der Waals surface area (Å²) in [5.41, 5.74) is 2.17. The first kappa shape index (κ1) is 15.1. The minimum atomic E-state index is 1.04. The van der Waals surface area contributed by atoms with E-state index in [0.717, 1.165) is 16.2 Å². The predicted molar refractivity (Wildman–Crippen MR) is 85.8 cm³/mol. The Hall–Kier alpha value is -0.930. The minimum Gasteiger partial charge on any atom is -0.254 e. The SMILES string of the molecule is C=C(C)/C(C)=C/N=C(C)Sc1cccc(SC)c1. The first-order valence-electron chi connectivity index (χ1n) is 5.72. The molecule has 0 saturated heterocycles. The number of allylic oxidation sites excluding steroid dienone is 2. The maximum Gasteiger partial charge on any atom is 0.0748 e. The van der Waals surface area contributed by atoms with Gasteiger partial charge in [-0.15, -0.1) is 11.8 Å². The second-order valence-electron chi connectivity index (χ2n) is 4.02. The Morgan fingerprint density at radius 3 is 2.50 bits per heavy atom. The molecule has 0 N–H and O–H groups in total. The Bertz CT molecular complexity index is 487. The van der Waals surface area contributed by atoms with Gasteiger partial charge in [-0.2, -0.15) is 0 Å². The number of nitrogens with zero attached hydrogens (tertiary/aromatic N) is 1. The topological polar surface area (TPSA) is 12.4 Å². The molecule has 0 bridgehead atoms. The van der Waals surface area contributed by atoms with Gasteiger partial charge in [-0.3, -0.25) is 4.99 Å². The molecule has 0 aliphatic heterocycles. The summed E-state index contributed by atoms with van der Waals surface area (Å²) in [4.78, 5) is 6.95. The molecule has 1 aromatic rings. The number of hydrogen-bond acceptors (Lipinski definition) is 3. The molecule has 1 nitrogen and oxygen atoms in total. The van der Waals surface area contributed by atoms with Gasteiger partial charge in [0.2, 0.25) is 0 Å². The fourth-order valence-corrected chi connectivity index (χ4v) is 2.47. The molecule has 0 heterocycles. The van der Waals surface area contributed by atoms with Crippen LogP contribution in [-0.4, -0.2) is 11.3 Å². The normalized spacial score (nSPS) is 12.7. The Balaban J connectivity index is 2.74. The van der Waals surface area contributed by atoms with Crippen molar-refractivity contribution in [3.8, 4) is 0 Å². The maximum atomic E-state index is 4.45. The van der Waals surface area contributed by atoms with Crippen LogP contribution in [-0.2, 0) is 0 Å². The highest BCUT2D eigenvalue weighted by atomic mass is 32.2. The van der Waals surface area contributed by atoms with Gasteiger partial charge < -0.3 is 0 Å². The summed E-state index contributed by atoms with van der Waals surface area (Å²) in [6, 6.07) is 8.49. The summed E-state index contributed by atoms with van der Waals surface area (Å²) >= 11 is 3.44. The third-order valence-electron chi connectivity index (χ3n) is 2.42. The second-order valence-corrected chi connectivity index (χ2v) is 6.17. The number of rotatable bonds is 4. The quantitative estimate of drug-likeness (QED) is 0.316. The average molecular weight is 277 g/mol. The predicted octanol–water partition coefficient (Wildman–Crippen LogP) is 5.40. The largest absolute Gasteiger partial charge is 0.254 e. The Kier molecular flexibility index (Phi) is 6.30. The molecule has 0 amide bonds. The molecule has 96 valence electrons. The maximum absolute atomic E-state index is 4.45. The lowest BCUT2D eigenvalue weighted by Gasteiger charge is -2.02. The highest BCUT2D eigenvalue weighted by Crippen LogP contribution is 2.24. The van der Waals surface area contributed by atoms with Crippen LogP contribution >= 0.6 is 23.5 Å². The van der Waals surface area contributed by atoms with Gasteiger partial charge in [-0.1, -0.05) is 30.0 Å². The van der Waals surface area contributed by atoms with Crippen molar-refractivity contribution < 1.29 is 0 Å². The lowest BCUT2D eigenvalue weighted by atomic mass is 10.2. The van der Waals surface area contributed by atoms with Crippen molar-refractivity contribution in [1.29, 1.82) is 0 Å². The van der Waals surface area contributed by atoms with E-state index in [9.17, 15) is 0 Å². The second kappa shape index (κ2) is 7.49. The Labute approximate surface area is 118 Å². The van der Waals surface area contributed by atoms with Crippen LogP contribution in [0.2, 0.25) is 0 Å². The lowest BCUT2D eigenvalue weighted by Crippen LogP contribution is -1.84. The summed E-state index contributed by atoms with van der Waals surface area (Å²) in [7, 11) is 0. The molecule has 0 fully saturated rings. The molecule has 0 unspecified atom stereocenters. The van der Waals surface area contributed by atoms with Crippen molar-refractivity contribution in [3.05, 3.63) is 48.2 Å². The van der Waals surface area contributed by atoms with Gasteiger partial charge in [-0.05, 0) is 50.8 Å². The van der Waals surface area contributed by atoms with Gasteiger partial charge in [-0.25, -0.2) is 0 Å². The molecule has 3 heteroatoms. The fraction of sp³-hybridized carbons (Fsp3) is 0.267. The third kappa shape index (κ3) is 5.15. The van der Waals surface area contributed by atoms with E-state index < -0.39 is 0 Å². The third-order valence-corrected chi connectivity index (χ3v) is 4.04. The first-order chi connectivity index (χ1) is 8.52. The monoisotopic (exact) mass is 277 g/mol. The molecule has 0 saturated carbocycles. The Morgan fingerprint density at radius 2 is 1.89 bits per heavy atom. The van der Waals surface area contributed by atoms with Crippen LogP contribution in [0.4, 0.5) is 0 Å². The number of thioether (sulfide) groups is 2. The van der Waals surface area contributed by atoms with Crippen LogP contribution in [0.15, 0.2) is 63.0 Å². The van der Waals surface area contributed by atoms with E-state index in [0.29, 0.717) is 0 Å². The van der Waals surface area contributed by atoms with Crippen molar-refractivity contribution >= 4 is 28.6 Å². The summed E-state index contributed by atoms with van der Waals surface area (Å²) in [5, 5.41) is 1.04. The van der Waals surface area contributed by atoms with Gasteiger partial charge in [0.1, 0.15) is 0 Å². The van der Waals surface area contributed by atoms with Gasteiger partial charge in [0.25, 0.3) is 0 Å². The number of aliphatic imine (C=N–C) groups is 1. The van der Waals surface area contributed by atoms with E-state index in [1.807, 2.05) is 27.0 Å². The highest BCUT2D eigenvalue weighted by Gasteiger charge is 1.98. The van der Waals surface area contributed by atoms with Crippen LogP contribution in [0.3, 0.4) is 0 Å². The van der Waals surface area contributed by atoms with Crippen molar-refractivity contribution in [2.24, 2.45) is 4.99 Å². The summed E-state index contributed by atoms with van der Waals surface area (Å²) < 4.78 is 0. The van der Waals surface area contributed by atoms with Crippen LogP contribution in [0.25, 0.3) is 0 Å². The molecule has 1 rings (SSSR count). The minimum absolute atomic E-state index is 1.04. The van der Waals surface area contributed by atoms with Crippen LogP contribution < -0.4 is 0 Å². The van der Waals surface area contributed by atoms with Gasteiger partial charge >= 0.3 is 0 Å². The molecular formula is C15H19NS2. The molecule has 1 aromatic carbocycles.